The minimum atomic E-state index is 0.674. The smallest absolute Gasteiger partial charge is 0.292 e. The predicted molar refractivity (Wildman–Crippen MR) is 69.4 cm³/mol. The van der Waals surface area contributed by atoms with Gasteiger partial charge in [0.05, 0.1) is 6.54 Å². The Kier molecular flexibility index (Phi) is 2.25. The van der Waals surface area contributed by atoms with Gasteiger partial charge in [-0.1, -0.05) is 30.3 Å². The van der Waals surface area contributed by atoms with Crippen molar-refractivity contribution in [1.82, 2.24) is 4.90 Å². The lowest BCUT2D eigenvalue weighted by Gasteiger charge is -2.22. The van der Waals surface area contributed by atoms with E-state index >= 15 is 0 Å². The van der Waals surface area contributed by atoms with Gasteiger partial charge in [0.1, 0.15) is 5.75 Å². The van der Waals surface area contributed by atoms with Crippen molar-refractivity contribution in [2.24, 2.45) is 4.99 Å². The van der Waals surface area contributed by atoms with Crippen LogP contribution in [-0.4, -0.2) is 25.0 Å². The van der Waals surface area contributed by atoms with E-state index in [2.05, 4.69) is 23.2 Å². The molecule has 0 saturated carbocycles. The predicted octanol–water partition coefficient (Wildman–Crippen LogP) is 2.65. The summed E-state index contributed by atoms with van der Waals surface area (Å²) in [5, 5.41) is 2.46. The number of hydrogen-bond donors (Lipinski definition) is 0. The molecule has 1 heterocycles. The van der Waals surface area contributed by atoms with Gasteiger partial charge in [0.2, 0.25) is 0 Å². The molecule has 0 fully saturated rings. The molecule has 3 rings (SSSR count). The van der Waals surface area contributed by atoms with E-state index in [1.54, 1.807) is 0 Å². The van der Waals surface area contributed by atoms with Crippen LogP contribution in [0, 0.1) is 0 Å². The average molecular weight is 226 g/mol. The first-order valence-corrected chi connectivity index (χ1v) is 5.66. The minimum Gasteiger partial charge on any atom is -0.426 e. The van der Waals surface area contributed by atoms with E-state index in [-0.39, 0.29) is 0 Å². The van der Waals surface area contributed by atoms with Gasteiger partial charge in [-0.2, -0.15) is 0 Å². The number of amidine groups is 1. The van der Waals surface area contributed by atoms with E-state index in [0.717, 1.165) is 5.75 Å². The Labute approximate surface area is 100 Å². The zero-order valence-corrected chi connectivity index (χ0v) is 9.97. The van der Waals surface area contributed by atoms with E-state index in [1.165, 1.54) is 16.3 Å². The molecule has 0 amide bonds. The van der Waals surface area contributed by atoms with Crippen molar-refractivity contribution in [2.75, 3.05) is 14.1 Å². The van der Waals surface area contributed by atoms with Gasteiger partial charge in [0.25, 0.3) is 6.02 Å². The highest BCUT2D eigenvalue weighted by Gasteiger charge is 2.17. The second-order valence-electron chi connectivity index (χ2n) is 4.36. The van der Waals surface area contributed by atoms with Crippen LogP contribution in [0.25, 0.3) is 10.8 Å². The first kappa shape index (κ1) is 10.1. The maximum Gasteiger partial charge on any atom is 0.292 e. The van der Waals surface area contributed by atoms with Crippen LogP contribution >= 0.6 is 0 Å². The molecule has 0 unspecified atom stereocenters. The first-order chi connectivity index (χ1) is 8.25. The summed E-state index contributed by atoms with van der Waals surface area (Å²) in [6.07, 6.45) is 0. The number of nitrogens with zero attached hydrogens (tertiary/aromatic N) is 2. The summed E-state index contributed by atoms with van der Waals surface area (Å²) in [6, 6.07) is 13.1. The fourth-order valence-corrected chi connectivity index (χ4v) is 2.08. The van der Waals surface area contributed by atoms with Crippen LogP contribution < -0.4 is 4.74 Å². The third-order valence-electron chi connectivity index (χ3n) is 2.95. The Bertz CT molecular complexity index is 602. The van der Waals surface area contributed by atoms with Crippen LogP contribution in [-0.2, 0) is 6.54 Å². The number of ether oxygens (including phenoxy) is 1. The maximum atomic E-state index is 5.78. The molecule has 0 N–H and O–H groups in total. The standard InChI is InChI=1S/C14H14N2O/c1-16(2)14-15-9-12-11-6-4-3-5-10(11)7-8-13(12)17-14/h3-8H,9H2,1-2H3. The van der Waals surface area contributed by atoms with Crippen molar-refractivity contribution in [1.29, 1.82) is 0 Å². The quantitative estimate of drug-likeness (QED) is 0.690. The molecule has 0 aromatic heterocycles. The van der Waals surface area contributed by atoms with Crippen LogP contribution in [0.5, 0.6) is 5.75 Å². The van der Waals surface area contributed by atoms with Crippen LogP contribution in [0.15, 0.2) is 41.4 Å². The summed E-state index contributed by atoms with van der Waals surface area (Å²) >= 11 is 0. The molecule has 0 radical (unpaired) electrons. The van der Waals surface area contributed by atoms with E-state index in [0.29, 0.717) is 12.6 Å². The topological polar surface area (TPSA) is 24.8 Å². The number of rotatable bonds is 0. The molecule has 0 aliphatic carbocycles. The molecule has 86 valence electrons. The van der Waals surface area contributed by atoms with Gasteiger partial charge in [0, 0.05) is 19.7 Å². The van der Waals surface area contributed by atoms with Crippen molar-refractivity contribution < 1.29 is 4.74 Å². The molecule has 17 heavy (non-hydrogen) atoms. The zero-order chi connectivity index (χ0) is 11.8. The normalized spacial score (nSPS) is 13.9. The van der Waals surface area contributed by atoms with E-state index < -0.39 is 0 Å². The molecular formula is C14H14N2O. The summed E-state index contributed by atoms with van der Waals surface area (Å²) in [4.78, 5) is 6.33. The molecule has 0 spiro atoms. The Morgan fingerprint density at radius 2 is 1.94 bits per heavy atom. The molecule has 0 saturated heterocycles. The second kappa shape index (κ2) is 3.77. The van der Waals surface area contributed by atoms with Crippen LogP contribution in [0.4, 0.5) is 0 Å². The molecule has 0 atom stereocenters. The first-order valence-electron chi connectivity index (χ1n) is 5.66. The average Bonchev–Trinajstić information content (AvgIpc) is 2.38. The number of fused-ring (bicyclic) bond motifs is 3. The van der Waals surface area contributed by atoms with Crippen LogP contribution in [0.2, 0.25) is 0 Å². The highest BCUT2D eigenvalue weighted by atomic mass is 16.5. The van der Waals surface area contributed by atoms with E-state index in [9.17, 15) is 0 Å². The number of hydrogen-bond acceptors (Lipinski definition) is 3. The Hall–Kier alpha value is -2.03. The molecule has 3 heteroatoms. The summed E-state index contributed by atoms with van der Waals surface area (Å²) < 4.78 is 5.78. The minimum absolute atomic E-state index is 0.674. The summed E-state index contributed by atoms with van der Waals surface area (Å²) in [7, 11) is 3.87. The largest absolute Gasteiger partial charge is 0.426 e. The van der Waals surface area contributed by atoms with E-state index in [1.807, 2.05) is 37.2 Å². The Morgan fingerprint density at radius 1 is 1.12 bits per heavy atom. The molecule has 0 bridgehead atoms. The van der Waals surface area contributed by atoms with Crippen molar-refractivity contribution in [3.05, 3.63) is 42.0 Å². The SMILES string of the molecule is CN(C)C1=NCc2c(ccc3ccccc23)O1. The highest BCUT2D eigenvalue weighted by Crippen LogP contribution is 2.31. The lowest BCUT2D eigenvalue weighted by Crippen LogP contribution is -2.30. The highest BCUT2D eigenvalue weighted by molar-refractivity contribution is 5.90. The van der Waals surface area contributed by atoms with Crippen molar-refractivity contribution in [3.63, 3.8) is 0 Å². The van der Waals surface area contributed by atoms with Crippen molar-refractivity contribution in [3.8, 4) is 5.75 Å². The molecule has 1 aliphatic rings. The summed E-state index contributed by atoms with van der Waals surface area (Å²) in [5.74, 6) is 0.919. The van der Waals surface area contributed by atoms with Gasteiger partial charge >= 0.3 is 0 Å². The zero-order valence-electron chi connectivity index (χ0n) is 9.97. The van der Waals surface area contributed by atoms with Crippen LogP contribution in [0.3, 0.4) is 0 Å². The second-order valence-corrected chi connectivity index (χ2v) is 4.36. The van der Waals surface area contributed by atoms with Gasteiger partial charge in [-0.05, 0) is 16.8 Å². The maximum absolute atomic E-state index is 5.78. The lowest BCUT2D eigenvalue weighted by atomic mass is 10.0. The monoisotopic (exact) mass is 226 g/mol. The molecular weight excluding hydrogens is 212 g/mol. The molecule has 2 aromatic carbocycles. The summed E-state index contributed by atoms with van der Waals surface area (Å²) in [5.41, 5.74) is 1.17. The third kappa shape index (κ3) is 1.64. The van der Waals surface area contributed by atoms with Crippen molar-refractivity contribution >= 4 is 16.8 Å². The summed E-state index contributed by atoms with van der Waals surface area (Å²) in [6.45, 7) is 0.685. The third-order valence-corrected chi connectivity index (χ3v) is 2.95. The fourth-order valence-electron chi connectivity index (χ4n) is 2.08. The van der Waals surface area contributed by atoms with Crippen LogP contribution in [0.1, 0.15) is 5.56 Å². The van der Waals surface area contributed by atoms with Crippen molar-refractivity contribution in [2.45, 2.75) is 6.54 Å². The van der Waals surface area contributed by atoms with Gasteiger partial charge in [-0.15, -0.1) is 0 Å². The molecule has 1 aliphatic heterocycles. The van der Waals surface area contributed by atoms with Gasteiger partial charge in [0.15, 0.2) is 0 Å². The van der Waals surface area contributed by atoms with Gasteiger partial charge in [-0.25, -0.2) is 4.99 Å². The molecule has 2 aromatic rings. The fraction of sp³-hybridized carbons (Fsp3) is 0.214. The Balaban J connectivity index is 2.13. The Morgan fingerprint density at radius 3 is 2.76 bits per heavy atom. The van der Waals surface area contributed by atoms with E-state index in [4.69, 9.17) is 4.74 Å². The number of benzene rings is 2. The lowest BCUT2D eigenvalue weighted by molar-refractivity contribution is 0.414. The van der Waals surface area contributed by atoms with Gasteiger partial charge < -0.3 is 9.64 Å². The number of aliphatic imine (C=N–C) groups is 1. The van der Waals surface area contributed by atoms with Gasteiger partial charge in [-0.3, -0.25) is 0 Å². The molecule has 3 nitrogen and oxygen atoms in total.